The molecule has 0 spiro atoms. The van der Waals surface area contributed by atoms with Crippen LogP contribution in [0.2, 0.25) is 0 Å². The number of carbonyl (C=O) groups is 2. The minimum atomic E-state index is -4.65. The first-order valence-corrected chi connectivity index (χ1v) is 23.5. The molecule has 0 aromatic carbocycles. The predicted molar refractivity (Wildman–Crippen MR) is 232 cm³/mol. The predicted octanol–water partition coefficient (Wildman–Crippen LogP) is 10.7. The van der Waals surface area contributed by atoms with Crippen LogP contribution in [0.1, 0.15) is 155 Å². The van der Waals surface area contributed by atoms with Crippen LogP contribution in [0.4, 0.5) is 0 Å². The highest BCUT2D eigenvalue weighted by Gasteiger charge is 2.36. The second kappa shape index (κ2) is 37.4. The number of rotatable bonds is 39. The van der Waals surface area contributed by atoms with Gasteiger partial charge < -0.3 is 29.3 Å². The van der Waals surface area contributed by atoms with Crippen molar-refractivity contribution in [1.29, 1.82) is 0 Å². The Kier molecular flexibility index (Phi) is 34.4. The van der Waals surface area contributed by atoms with Gasteiger partial charge in [0.2, 0.25) is 0 Å². The minimum Gasteiger partial charge on any atom is -0.462 e. The quantitative estimate of drug-likeness (QED) is 0.0178. The second-order valence-electron chi connectivity index (χ2n) is 14.7. The molecule has 0 amide bonds. The van der Waals surface area contributed by atoms with E-state index in [1.807, 2.05) is 6.08 Å². The molecule has 0 aromatic heterocycles. The van der Waals surface area contributed by atoms with Gasteiger partial charge in [-0.1, -0.05) is 125 Å². The molecule has 0 aliphatic carbocycles. The molecule has 0 bridgehead atoms. The molecule has 11 nitrogen and oxygen atoms in total. The maximum Gasteiger partial charge on any atom is 0.472 e. The van der Waals surface area contributed by atoms with Gasteiger partial charge in [0.15, 0.2) is 6.10 Å². The Morgan fingerprint density at radius 1 is 0.603 bits per heavy atom. The molecule has 1 saturated heterocycles. The Morgan fingerprint density at radius 3 is 1.66 bits per heavy atom. The zero-order valence-corrected chi connectivity index (χ0v) is 36.6. The van der Waals surface area contributed by atoms with Gasteiger partial charge in [-0.05, 0) is 89.9 Å². The number of phosphoric ester groups is 1. The van der Waals surface area contributed by atoms with Crippen molar-refractivity contribution < 1.29 is 52.5 Å². The highest BCUT2D eigenvalue weighted by molar-refractivity contribution is 7.47. The first-order chi connectivity index (χ1) is 28.2. The van der Waals surface area contributed by atoms with E-state index in [4.69, 9.17) is 23.8 Å². The van der Waals surface area contributed by atoms with E-state index in [1.54, 1.807) is 0 Å². The zero-order valence-electron chi connectivity index (χ0n) is 35.7. The summed E-state index contributed by atoms with van der Waals surface area (Å²) in [6.45, 7) is 2.20. The lowest BCUT2D eigenvalue weighted by atomic mass is 10.1. The topological polar surface area (TPSA) is 161 Å². The molecule has 58 heavy (non-hydrogen) atoms. The number of epoxide rings is 1. The fourth-order valence-electron chi connectivity index (χ4n) is 5.68. The van der Waals surface area contributed by atoms with E-state index in [0.29, 0.717) is 19.3 Å². The fourth-order valence-corrected chi connectivity index (χ4v) is 6.47. The lowest BCUT2D eigenvalue weighted by Gasteiger charge is -2.20. The average molecular weight is 837 g/mol. The van der Waals surface area contributed by atoms with E-state index < -0.39 is 51.8 Å². The Hall–Kier alpha value is -2.63. The van der Waals surface area contributed by atoms with Crippen LogP contribution in [-0.4, -0.2) is 77.9 Å². The van der Waals surface area contributed by atoms with E-state index in [0.717, 1.165) is 70.6 Å². The van der Waals surface area contributed by atoms with E-state index in [1.165, 1.54) is 38.5 Å². The lowest BCUT2D eigenvalue weighted by molar-refractivity contribution is -0.161. The number of unbranched alkanes of at least 4 members (excludes halogenated alkanes) is 11. The van der Waals surface area contributed by atoms with Crippen LogP contribution in [0.5, 0.6) is 0 Å². The van der Waals surface area contributed by atoms with Gasteiger partial charge in [0, 0.05) is 12.8 Å². The summed E-state index contributed by atoms with van der Waals surface area (Å²) in [5, 5.41) is 18.3. The number of hydrogen-bond acceptors (Lipinski definition) is 10. The van der Waals surface area contributed by atoms with Crippen LogP contribution in [0, 0.1) is 0 Å². The summed E-state index contributed by atoms with van der Waals surface area (Å²) in [7, 11) is -4.65. The van der Waals surface area contributed by atoms with Gasteiger partial charge in [-0.15, -0.1) is 0 Å². The maximum absolute atomic E-state index is 12.6. The van der Waals surface area contributed by atoms with Gasteiger partial charge in [0.1, 0.15) is 12.7 Å². The molecule has 3 N–H and O–H groups in total. The number of hydrogen-bond donors (Lipinski definition) is 3. The van der Waals surface area contributed by atoms with Gasteiger partial charge in [-0.2, -0.15) is 0 Å². The van der Waals surface area contributed by atoms with Crippen LogP contribution in [0.15, 0.2) is 72.9 Å². The van der Waals surface area contributed by atoms with Crippen molar-refractivity contribution in [3.05, 3.63) is 72.9 Å². The molecule has 5 atom stereocenters. The van der Waals surface area contributed by atoms with Gasteiger partial charge in [-0.3, -0.25) is 18.6 Å². The third-order valence-corrected chi connectivity index (χ3v) is 10.2. The van der Waals surface area contributed by atoms with E-state index in [2.05, 4.69) is 85.2 Å². The van der Waals surface area contributed by atoms with Crippen LogP contribution < -0.4 is 0 Å². The summed E-state index contributed by atoms with van der Waals surface area (Å²) in [6.07, 6.45) is 44.6. The summed E-state index contributed by atoms with van der Waals surface area (Å²) in [5.74, 6) is -1.03. The summed E-state index contributed by atoms with van der Waals surface area (Å²) >= 11 is 0. The van der Waals surface area contributed by atoms with Crippen LogP contribution in [0.25, 0.3) is 0 Å². The molecule has 0 aromatic rings. The minimum absolute atomic E-state index is 0.0912. The molecule has 1 fully saturated rings. The Labute approximate surface area is 350 Å². The zero-order chi connectivity index (χ0) is 42.4. The number of aliphatic hydroxyl groups is 2. The molecular formula is C46H77O11P. The number of esters is 2. The summed E-state index contributed by atoms with van der Waals surface area (Å²) in [6, 6.07) is 0. The molecular weight excluding hydrogens is 759 g/mol. The Balaban J connectivity index is 2.32. The SMILES string of the molecule is CCCCC/C=C\C/C=C\C/C=C\CCCCCCC(=O)OC[C@H](COP(=O)(O)OC[C@@H](O)CO)OC(=O)CCC/C=C\CC1OC1C/C=C\C/C=C\CCCCC. The number of ether oxygens (including phenoxy) is 3. The molecule has 12 heteroatoms. The van der Waals surface area contributed by atoms with E-state index in [-0.39, 0.29) is 31.7 Å². The third-order valence-electron chi connectivity index (χ3n) is 9.24. The highest BCUT2D eigenvalue weighted by Crippen LogP contribution is 2.43. The van der Waals surface area contributed by atoms with Crippen molar-refractivity contribution in [1.82, 2.24) is 0 Å². The molecule has 1 aliphatic rings. The number of carbonyl (C=O) groups excluding carboxylic acids is 2. The Morgan fingerprint density at radius 2 is 1.07 bits per heavy atom. The van der Waals surface area contributed by atoms with Crippen molar-refractivity contribution in [3.8, 4) is 0 Å². The van der Waals surface area contributed by atoms with Crippen molar-refractivity contribution in [2.75, 3.05) is 26.4 Å². The Bertz CT molecular complexity index is 1260. The van der Waals surface area contributed by atoms with E-state index >= 15 is 0 Å². The van der Waals surface area contributed by atoms with Gasteiger partial charge in [-0.25, -0.2) is 4.57 Å². The van der Waals surface area contributed by atoms with Crippen molar-refractivity contribution in [3.63, 3.8) is 0 Å². The first kappa shape index (κ1) is 53.4. The largest absolute Gasteiger partial charge is 0.472 e. The molecule has 3 unspecified atom stereocenters. The standard InChI is InChI=1S/C46H77O11P/c1-3-5-7-9-11-13-14-15-16-17-18-19-20-22-24-26-31-35-45(49)53-39-42(40-55-58(51,52)54-38-41(48)37-47)56-46(50)36-32-28-27-30-34-44-43(57-44)33-29-25-23-21-12-10-8-6-4-2/h11-13,15-16,18-19,21,25,27,29-30,41-44,47-48H,3-10,14,17,20,22-24,26,28,31-40H2,1-2H3,(H,51,52)/b13-11-,16-15-,19-18-,21-12-,29-25-,30-27-/t41-,42+,43?,44?/m0/s1. The van der Waals surface area contributed by atoms with Gasteiger partial charge in [0.25, 0.3) is 0 Å². The van der Waals surface area contributed by atoms with Crippen LogP contribution in [0.3, 0.4) is 0 Å². The molecule has 1 heterocycles. The van der Waals surface area contributed by atoms with Gasteiger partial charge in [0.05, 0.1) is 32.0 Å². The number of allylic oxidation sites excluding steroid dienone is 10. The molecule has 1 rings (SSSR count). The maximum atomic E-state index is 12.6. The number of aliphatic hydroxyl groups excluding tert-OH is 2. The second-order valence-corrected chi connectivity index (χ2v) is 16.2. The highest BCUT2D eigenvalue weighted by atomic mass is 31.2. The smallest absolute Gasteiger partial charge is 0.462 e. The summed E-state index contributed by atoms with van der Waals surface area (Å²) < 4.78 is 38.4. The van der Waals surface area contributed by atoms with Crippen LogP contribution >= 0.6 is 7.82 Å². The van der Waals surface area contributed by atoms with E-state index in [9.17, 15) is 24.2 Å². The molecule has 1 aliphatic heterocycles. The molecule has 332 valence electrons. The molecule has 0 radical (unpaired) electrons. The normalized spacial score (nSPS) is 18.0. The van der Waals surface area contributed by atoms with Crippen molar-refractivity contribution in [2.45, 2.75) is 180 Å². The third kappa shape index (κ3) is 34.3. The summed E-state index contributed by atoms with van der Waals surface area (Å²) in [4.78, 5) is 35.0. The first-order valence-electron chi connectivity index (χ1n) is 22.0. The monoisotopic (exact) mass is 837 g/mol. The van der Waals surface area contributed by atoms with Crippen molar-refractivity contribution in [2.24, 2.45) is 0 Å². The fraction of sp³-hybridized carbons (Fsp3) is 0.696. The molecule has 0 saturated carbocycles. The lowest BCUT2D eigenvalue weighted by Crippen LogP contribution is -2.29. The van der Waals surface area contributed by atoms with Crippen LogP contribution in [-0.2, 0) is 37.4 Å². The van der Waals surface area contributed by atoms with Gasteiger partial charge >= 0.3 is 19.8 Å². The average Bonchev–Trinajstić information content (AvgIpc) is 3.97. The number of phosphoric acid groups is 1. The van der Waals surface area contributed by atoms with Crippen molar-refractivity contribution >= 4 is 19.8 Å². The summed E-state index contributed by atoms with van der Waals surface area (Å²) in [5.41, 5.74) is 0.